The highest BCUT2D eigenvalue weighted by molar-refractivity contribution is 7.90. The minimum Gasteiger partial charge on any atom is -0.380 e. The van der Waals surface area contributed by atoms with Crippen molar-refractivity contribution in [1.29, 1.82) is 0 Å². The maximum absolute atomic E-state index is 12.7. The van der Waals surface area contributed by atoms with Crippen molar-refractivity contribution in [2.24, 2.45) is 5.41 Å². The summed E-state index contributed by atoms with van der Waals surface area (Å²) in [5.74, 6) is 0.566. The maximum Gasteiger partial charge on any atom is 0.251 e. The van der Waals surface area contributed by atoms with Crippen molar-refractivity contribution in [3.05, 3.63) is 77.6 Å². The molecule has 0 unspecified atom stereocenters. The van der Waals surface area contributed by atoms with E-state index in [0.717, 1.165) is 60.7 Å². The van der Waals surface area contributed by atoms with Gasteiger partial charge in [0.1, 0.15) is 5.82 Å². The number of fused-ring (bicyclic) bond motifs is 1. The number of carbonyl (C=O) groups is 1. The summed E-state index contributed by atoms with van der Waals surface area (Å²) in [5.41, 5.74) is 4.13. The van der Waals surface area contributed by atoms with Gasteiger partial charge < -0.3 is 15.0 Å². The third kappa shape index (κ3) is 4.61. The van der Waals surface area contributed by atoms with Crippen LogP contribution in [0, 0.1) is 12.3 Å². The van der Waals surface area contributed by atoms with Crippen LogP contribution in [0.2, 0.25) is 0 Å². The first-order chi connectivity index (χ1) is 18.2. The molecule has 0 aliphatic carbocycles. The third-order valence-corrected chi connectivity index (χ3v) is 8.34. The Morgan fingerprint density at radius 2 is 1.87 bits per heavy atom. The average molecular weight is 532 g/mol. The summed E-state index contributed by atoms with van der Waals surface area (Å²) in [7, 11) is -3.43. The highest BCUT2D eigenvalue weighted by atomic mass is 32.2. The van der Waals surface area contributed by atoms with Crippen molar-refractivity contribution in [1.82, 2.24) is 20.3 Å². The van der Waals surface area contributed by atoms with Gasteiger partial charge in [-0.2, -0.15) is 0 Å². The Kier molecular flexibility index (Phi) is 5.88. The number of anilines is 1. The molecule has 38 heavy (non-hydrogen) atoms. The fourth-order valence-electron chi connectivity index (χ4n) is 4.95. The van der Waals surface area contributed by atoms with E-state index in [-0.39, 0.29) is 24.3 Å². The zero-order valence-electron chi connectivity index (χ0n) is 21.1. The van der Waals surface area contributed by atoms with Gasteiger partial charge in [0, 0.05) is 37.9 Å². The number of sulfone groups is 1. The van der Waals surface area contributed by atoms with Crippen LogP contribution in [-0.2, 0) is 21.1 Å². The standard InChI is InChI=1S/C28H27N5O4S.H2/c1-18-6-7-19(10-25(18)38(2,35)36)27(34)30-13-21-11-24-20(12-29-21)8-9-23(31-24)22-4-3-5-26(32-22)33-14-28(15-33)16-37-17-28;/h3-12H,13-17H2,1-2H3,(H,30,34);1H. The number of ether oxygens (including phenoxy) is 1. The Labute approximate surface area is 222 Å². The van der Waals surface area contributed by atoms with Crippen molar-refractivity contribution in [3.63, 3.8) is 0 Å². The second-order valence-electron chi connectivity index (χ2n) is 10.2. The van der Waals surface area contributed by atoms with Crippen LogP contribution in [0.3, 0.4) is 0 Å². The molecule has 0 radical (unpaired) electrons. The number of nitrogens with zero attached hydrogens (tertiary/aromatic N) is 4. The molecule has 10 heteroatoms. The first kappa shape index (κ1) is 24.4. The van der Waals surface area contributed by atoms with E-state index in [1.165, 1.54) is 6.07 Å². The number of rotatable bonds is 6. The molecule has 1 N–H and O–H groups in total. The van der Waals surface area contributed by atoms with E-state index in [2.05, 4.69) is 15.2 Å². The van der Waals surface area contributed by atoms with Crippen LogP contribution in [0.1, 0.15) is 23.0 Å². The molecule has 9 nitrogen and oxygen atoms in total. The van der Waals surface area contributed by atoms with Gasteiger partial charge in [-0.05, 0) is 55.0 Å². The van der Waals surface area contributed by atoms with Gasteiger partial charge in [0.05, 0.1) is 52.7 Å². The van der Waals surface area contributed by atoms with E-state index < -0.39 is 9.84 Å². The van der Waals surface area contributed by atoms with Crippen molar-refractivity contribution < 1.29 is 19.4 Å². The Morgan fingerprint density at radius 3 is 2.61 bits per heavy atom. The predicted molar refractivity (Wildman–Crippen MR) is 146 cm³/mol. The summed E-state index contributed by atoms with van der Waals surface area (Å²) in [5, 5.41) is 3.70. The van der Waals surface area contributed by atoms with E-state index in [9.17, 15) is 13.2 Å². The average Bonchev–Trinajstić information content (AvgIpc) is 2.85. The molecule has 2 fully saturated rings. The zero-order valence-corrected chi connectivity index (χ0v) is 22.0. The lowest BCUT2D eigenvalue weighted by Gasteiger charge is -2.55. The van der Waals surface area contributed by atoms with Crippen LogP contribution >= 0.6 is 0 Å². The molecule has 1 aromatic carbocycles. The Balaban J connectivity index is 0.00000308. The van der Waals surface area contributed by atoms with E-state index in [4.69, 9.17) is 14.7 Å². The minimum atomic E-state index is -3.43. The van der Waals surface area contributed by atoms with Crippen molar-refractivity contribution >= 4 is 32.5 Å². The Bertz CT molecular complexity index is 1680. The van der Waals surface area contributed by atoms with Gasteiger partial charge in [0.2, 0.25) is 0 Å². The van der Waals surface area contributed by atoms with Gasteiger partial charge in [-0.3, -0.25) is 9.78 Å². The molecule has 0 saturated carbocycles. The summed E-state index contributed by atoms with van der Waals surface area (Å²) in [6.07, 6.45) is 2.86. The Hall–Kier alpha value is -3.89. The zero-order chi connectivity index (χ0) is 26.5. The molecule has 196 valence electrons. The highest BCUT2D eigenvalue weighted by Gasteiger charge is 2.49. The molecule has 6 rings (SSSR count). The molecule has 0 bridgehead atoms. The molecule has 4 aromatic rings. The van der Waals surface area contributed by atoms with Crippen LogP contribution in [0.15, 0.2) is 65.7 Å². The normalized spacial score (nSPS) is 16.2. The molecular weight excluding hydrogens is 502 g/mol. The van der Waals surface area contributed by atoms with Crippen molar-refractivity contribution in [3.8, 4) is 11.4 Å². The van der Waals surface area contributed by atoms with Gasteiger partial charge >= 0.3 is 0 Å². The van der Waals surface area contributed by atoms with Crippen LogP contribution < -0.4 is 10.2 Å². The number of nitrogens with one attached hydrogen (secondary N) is 1. The molecule has 0 atom stereocenters. The largest absolute Gasteiger partial charge is 0.380 e. The lowest BCUT2D eigenvalue weighted by atomic mass is 9.78. The van der Waals surface area contributed by atoms with Crippen molar-refractivity contribution in [2.45, 2.75) is 18.4 Å². The van der Waals surface area contributed by atoms with Crippen LogP contribution in [0.4, 0.5) is 5.82 Å². The summed E-state index contributed by atoms with van der Waals surface area (Å²) >= 11 is 0. The topological polar surface area (TPSA) is 114 Å². The van der Waals surface area contributed by atoms with Crippen LogP contribution in [-0.4, -0.2) is 61.8 Å². The van der Waals surface area contributed by atoms with E-state index >= 15 is 0 Å². The second kappa shape index (κ2) is 9.14. The molecular formula is C28H29N5O4S. The summed E-state index contributed by atoms with van der Waals surface area (Å²) in [4.78, 5) is 29.3. The van der Waals surface area contributed by atoms with Gasteiger partial charge in [-0.15, -0.1) is 0 Å². The summed E-state index contributed by atoms with van der Waals surface area (Å²) in [6.45, 7) is 5.48. The fourth-order valence-corrected chi connectivity index (χ4v) is 5.95. The monoisotopic (exact) mass is 531 g/mol. The second-order valence-corrected chi connectivity index (χ2v) is 12.2. The number of carbonyl (C=O) groups excluding carboxylic acids is 1. The number of aryl methyl sites for hydroxylation is 1. The van der Waals surface area contributed by atoms with E-state index in [1.807, 2.05) is 36.4 Å². The van der Waals surface area contributed by atoms with Gasteiger partial charge in [0.15, 0.2) is 9.84 Å². The molecule has 2 aliphatic heterocycles. The summed E-state index contributed by atoms with van der Waals surface area (Å²) in [6, 6.07) is 16.4. The first-order valence-corrected chi connectivity index (χ1v) is 14.2. The lowest BCUT2D eigenvalue weighted by Crippen LogP contribution is -2.66. The number of hydrogen-bond acceptors (Lipinski definition) is 8. The molecule has 1 spiro atoms. The first-order valence-electron chi connectivity index (χ1n) is 12.3. The predicted octanol–water partition coefficient (Wildman–Crippen LogP) is 3.42. The molecule has 5 heterocycles. The SMILES string of the molecule is Cc1ccc(C(=O)NCc2cc3nc(-c4cccc(N5CC6(COC6)C5)n4)ccc3cn2)cc1S(C)(=O)=O.[HH]. The number of benzene rings is 1. The molecule has 3 aromatic heterocycles. The highest BCUT2D eigenvalue weighted by Crippen LogP contribution is 2.39. The van der Waals surface area contributed by atoms with Crippen LogP contribution in [0.25, 0.3) is 22.3 Å². The molecule has 1 amide bonds. The maximum atomic E-state index is 12.7. The Morgan fingerprint density at radius 1 is 1.08 bits per heavy atom. The minimum absolute atomic E-state index is 0. The summed E-state index contributed by atoms with van der Waals surface area (Å²) < 4.78 is 29.4. The molecule has 2 aliphatic rings. The van der Waals surface area contributed by atoms with E-state index in [1.54, 1.807) is 25.3 Å². The quantitative estimate of drug-likeness (QED) is 0.403. The fraction of sp³-hybridized carbons (Fsp3) is 0.286. The van der Waals surface area contributed by atoms with Gasteiger partial charge in [0.25, 0.3) is 5.91 Å². The number of hydrogen-bond donors (Lipinski definition) is 1. The van der Waals surface area contributed by atoms with Crippen LogP contribution in [0.5, 0.6) is 0 Å². The van der Waals surface area contributed by atoms with Gasteiger partial charge in [-0.25, -0.2) is 18.4 Å². The lowest BCUT2D eigenvalue weighted by molar-refractivity contribution is -0.127. The van der Waals surface area contributed by atoms with E-state index in [0.29, 0.717) is 16.7 Å². The third-order valence-electron chi connectivity index (χ3n) is 7.10. The molecule has 2 saturated heterocycles. The smallest absolute Gasteiger partial charge is 0.251 e. The number of aromatic nitrogens is 3. The number of pyridine rings is 3. The number of amides is 1. The van der Waals surface area contributed by atoms with Crippen molar-refractivity contribution in [2.75, 3.05) is 37.5 Å². The van der Waals surface area contributed by atoms with Gasteiger partial charge in [-0.1, -0.05) is 12.1 Å².